The van der Waals surface area contributed by atoms with Gasteiger partial charge in [0, 0.05) is 23.1 Å². The van der Waals surface area contributed by atoms with E-state index in [9.17, 15) is 14.7 Å². The normalized spacial score (nSPS) is 21.9. The van der Waals surface area contributed by atoms with Gasteiger partial charge in [-0.05, 0) is 43.5 Å². The van der Waals surface area contributed by atoms with Crippen molar-refractivity contribution in [3.05, 3.63) is 52.6 Å². The second-order valence-corrected chi connectivity index (χ2v) is 9.90. The number of esters is 1. The van der Waals surface area contributed by atoms with Crippen LogP contribution in [0.2, 0.25) is 5.15 Å². The second-order valence-electron chi connectivity index (χ2n) is 9.51. The minimum atomic E-state index is -0.523. The number of nitrogens with one attached hydrogen (secondary N) is 1. The number of hydrogen-bond acceptors (Lipinski definition) is 6. The van der Waals surface area contributed by atoms with Gasteiger partial charge in [0.05, 0.1) is 0 Å². The Morgan fingerprint density at radius 3 is 2.42 bits per heavy atom. The zero-order valence-electron chi connectivity index (χ0n) is 18.4. The lowest BCUT2D eigenvalue weighted by Crippen LogP contribution is -2.56. The zero-order chi connectivity index (χ0) is 23.0. The number of aromatic hydroxyl groups is 1. The molecule has 0 atom stereocenters. The van der Waals surface area contributed by atoms with E-state index in [1.807, 2.05) is 27.7 Å². The summed E-state index contributed by atoms with van der Waals surface area (Å²) in [5.41, 5.74) is -0.0794. The van der Waals surface area contributed by atoms with Gasteiger partial charge in [-0.1, -0.05) is 45.4 Å². The average Bonchev–Trinajstić information content (AvgIpc) is 2.66. The van der Waals surface area contributed by atoms with E-state index in [4.69, 9.17) is 16.3 Å². The summed E-state index contributed by atoms with van der Waals surface area (Å²) in [5.74, 6) is -1.06. The molecule has 0 bridgehead atoms. The molecule has 2 N–H and O–H groups in total. The number of halogens is 1. The van der Waals surface area contributed by atoms with E-state index in [1.54, 1.807) is 31.2 Å². The third kappa shape index (κ3) is 4.98. The molecule has 7 nitrogen and oxygen atoms in total. The third-order valence-corrected chi connectivity index (χ3v) is 6.00. The van der Waals surface area contributed by atoms with E-state index in [0.717, 1.165) is 0 Å². The van der Waals surface area contributed by atoms with Crippen LogP contribution in [0.25, 0.3) is 0 Å². The SMILES string of the molecule is Cc1ccnc(C(=O)NC2CC(C)(C)C(OC(=O)c3cccc(Cl)n3)C(C)(C)C2)c1O. The molecule has 0 radical (unpaired) electrons. The van der Waals surface area contributed by atoms with Crippen LogP contribution in [0.15, 0.2) is 30.5 Å². The summed E-state index contributed by atoms with van der Waals surface area (Å²) in [6, 6.07) is 6.30. The first-order valence-electron chi connectivity index (χ1n) is 10.2. The van der Waals surface area contributed by atoms with Gasteiger partial charge in [-0.3, -0.25) is 4.79 Å². The lowest BCUT2D eigenvalue weighted by molar-refractivity contribution is -0.0974. The van der Waals surface area contributed by atoms with E-state index < -0.39 is 28.8 Å². The Balaban J connectivity index is 1.75. The molecular formula is C23H28ClN3O4. The summed E-state index contributed by atoms with van der Waals surface area (Å²) < 4.78 is 5.91. The molecule has 1 aliphatic rings. The Hall–Kier alpha value is -2.67. The fraction of sp³-hybridized carbons (Fsp3) is 0.478. The number of hydrogen-bond donors (Lipinski definition) is 2. The minimum Gasteiger partial charge on any atom is -0.505 e. The maximum absolute atomic E-state index is 12.7. The zero-order valence-corrected chi connectivity index (χ0v) is 19.2. The van der Waals surface area contributed by atoms with Crippen molar-refractivity contribution in [2.24, 2.45) is 10.8 Å². The summed E-state index contributed by atoms with van der Waals surface area (Å²) in [7, 11) is 0. The van der Waals surface area contributed by atoms with E-state index in [-0.39, 0.29) is 28.3 Å². The largest absolute Gasteiger partial charge is 0.505 e. The molecule has 0 saturated heterocycles. The number of pyridine rings is 2. The van der Waals surface area contributed by atoms with Gasteiger partial charge in [-0.25, -0.2) is 14.8 Å². The van der Waals surface area contributed by atoms with Crippen molar-refractivity contribution in [3.63, 3.8) is 0 Å². The Kier molecular flexibility index (Phi) is 6.28. The molecule has 1 fully saturated rings. The number of aryl methyl sites for hydroxylation is 1. The van der Waals surface area contributed by atoms with Crippen molar-refractivity contribution in [2.45, 2.75) is 59.6 Å². The number of nitrogens with zero attached hydrogens (tertiary/aromatic N) is 2. The van der Waals surface area contributed by atoms with Gasteiger partial charge in [-0.2, -0.15) is 0 Å². The predicted octanol–water partition coefficient (Wildman–Crippen LogP) is 4.31. The summed E-state index contributed by atoms with van der Waals surface area (Å²) in [6.45, 7) is 9.77. The van der Waals surface area contributed by atoms with Crippen molar-refractivity contribution in [1.29, 1.82) is 0 Å². The molecule has 31 heavy (non-hydrogen) atoms. The van der Waals surface area contributed by atoms with Crippen LogP contribution in [-0.2, 0) is 4.74 Å². The lowest BCUT2D eigenvalue weighted by Gasteiger charge is -2.51. The molecule has 1 amide bonds. The van der Waals surface area contributed by atoms with Crippen LogP contribution in [0.5, 0.6) is 5.75 Å². The maximum Gasteiger partial charge on any atom is 0.357 e. The number of aromatic nitrogens is 2. The van der Waals surface area contributed by atoms with Gasteiger partial charge < -0.3 is 15.2 Å². The topological polar surface area (TPSA) is 101 Å². The first-order valence-corrected chi connectivity index (χ1v) is 10.6. The predicted molar refractivity (Wildman–Crippen MR) is 117 cm³/mol. The van der Waals surface area contributed by atoms with Gasteiger partial charge in [-0.15, -0.1) is 0 Å². The van der Waals surface area contributed by atoms with Crippen molar-refractivity contribution >= 4 is 23.5 Å². The highest BCUT2D eigenvalue weighted by Gasteiger charge is 2.50. The van der Waals surface area contributed by atoms with Crippen LogP contribution in [0.3, 0.4) is 0 Å². The standard InChI is InChI=1S/C23H28ClN3O4/c1-13-9-10-25-17(18(13)28)19(29)26-14-11-22(2,3)21(23(4,5)12-14)31-20(30)15-7-6-8-16(24)27-15/h6-10,14,21,28H,11-12H2,1-5H3,(H,26,29). The minimum absolute atomic E-state index is 0.0104. The van der Waals surface area contributed by atoms with Gasteiger partial charge >= 0.3 is 5.97 Å². The summed E-state index contributed by atoms with van der Waals surface area (Å²) in [5, 5.41) is 13.4. The summed E-state index contributed by atoms with van der Waals surface area (Å²) >= 11 is 5.90. The molecule has 166 valence electrons. The molecule has 1 aliphatic carbocycles. The molecule has 0 unspecified atom stereocenters. The number of ether oxygens (including phenoxy) is 1. The van der Waals surface area contributed by atoms with E-state index in [2.05, 4.69) is 15.3 Å². The number of amides is 1. The van der Waals surface area contributed by atoms with Gasteiger partial charge in [0.15, 0.2) is 5.69 Å². The number of carbonyl (C=O) groups excluding carboxylic acids is 2. The highest BCUT2D eigenvalue weighted by atomic mass is 35.5. The fourth-order valence-corrected chi connectivity index (χ4v) is 4.86. The molecule has 8 heteroatoms. The van der Waals surface area contributed by atoms with Crippen molar-refractivity contribution in [2.75, 3.05) is 0 Å². The Bertz CT molecular complexity index is 988. The molecule has 0 aliphatic heterocycles. The Morgan fingerprint density at radius 2 is 1.81 bits per heavy atom. The third-order valence-electron chi connectivity index (χ3n) is 5.79. The van der Waals surface area contributed by atoms with Crippen LogP contribution >= 0.6 is 11.6 Å². The van der Waals surface area contributed by atoms with Crippen LogP contribution in [0.4, 0.5) is 0 Å². The fourth-order valence-electron chi connectivity index (χ4n) is 4.69. The van der Waals surface area contributed by atoms with Crippen LogP contribution in [0.1, 0.15) is 67.1 Å². The number of rotatable bonds is 4. The van der Waals surface area contributed by atoms with Gasteiger partial charge in [0.1, 0.15) is 22.7 Å². The van der Waals surface area contributed by atoms with Crippen LogP contribution in [-0.4, -0.2) is 39.1 Å². The summed E-state index contributed by atoms with van der Waals surface area (Å²) in [4.78, 5) is 33.5. The first-order chi connectivity index (χ1) is 14.4. The molecule has 2 aromatic heterocycles. The molecular weight excluding hydrogens is 418 g/mol. The van der Waals surface area contributed by atoms with Crippen LogP contribution < -0.4 is 5.32 Å². The molecule has 1 saturated carbocycles. The monoisotopic (exact) mass is 445 g/mol. The quantitative estimate of drug-likeness (QED) is 0.537. The molecule has 2 heterocycles. The van der Waals surface area contributed by atoms with Gasteiger partial charge in [0.25, 0.3) is 5.91 Å². The molecule has 2 aromatic rings. The smallest absolute Gasteiger partial charge is 0.357 e. The highest BCUT2D eigenvalue weighted by Crippen LogP contribution is 2.48. The molecule has 3 rings (SSSR count). The van der Waals surface area contributed by atoms with Gasteiger partial charge in [0.2, 0.25) is 0 Å². The first kappa shape index (κ1) is 23.0. The maximum atomic E-state index is 12.7. The second kappa shape index (κ2) is 8.46. The van der Waals surface area contributed by atoms with E-state index in [0.29, 0.717) is 18.4 Å². The lowest BCUT2D eigenvalue weighted by atomic mass is 9.61. The van der Waals surface area contributed by atoms with Crippen molar-refractivity contribution < 1.29 is 19.4 Å². The molecule has 0 aromatic carbocycles. The Morgan fingerprint density at radius 1 is 1.16 bits per heavy atom. The Labute approximate surface area is 187 Å². The van der Waals surface area contributed by atoms with Crippen molar-refractivity contribution in [1.82, 2.24) is 15.3 Å². The highest BCUT2D eigenvalue weighted by molar-refractivity contribution is 6.29. The average molecular weight is 446 g/mol. The van der Waals surface area contributed by atoms with Crippen LogP contribution in [0, 0.1) is 17.8 Å². The summed E-state index contributed by atoms with van der Waals surface area (Å²) in [6.07, 6.45) is 2.29. The van der Waals surface area contributed by atoms with E-state index >= 15 is 0 Å². The van der Waals surface area contributed by atoms with Crippen molar-refractivity contribution in [3.8, 4) is 5.75 Å². The van der Waals surface area contributed by atoms with E-state index in [1.165, 1.54) is 6.20 Å². The number of carbonyl (C=O) groups is 2. The molecule has 0 spiro atoms.